The fraction of sp³-hybridized carbons (Fsp3) is 0.417. The first-order valence-corrected chi connectivity index (χ1v) is 11.7. The van der Waals surface area contributed by atoms with Gasteiger partial charge in [-0.05, 0) is 44.0 Å². The van der Waals surface area contributed by atoms with Gasteiger partial charge < -0.3 is 14.2 Å². The molecule has 158 valence electrons. The zero-order valence-electron chi connectivity index (χ0n) is 17.5. The molecule has 0 unspecified atom stereocenters. The second kappa shape index (κ2) is 10.0. The van der Waals surface area contributed by atoms with Gasteiger partial charge in [-0.15, -0.1) is 0 Å². The lowest BCUT2D eigenvalue weighted by atomic mass is 10.2. The van der Waals surface area contributed by atoms with Gasteiger partial charge in [0.1, 0.15) is 12.3 Å². The number of ether oxygens (including phenoxy) is 1. The molecule has 4 rings (SSSR count). The van der Waals surface area contributed by atoms with Crippen LogP contribution in [-0.4, -0.2) is 45.8 Å². The summed E-state index contributed by atoms with van der Waals surface area (Å²) in [5.74, 6) is 1.85. The maximum absolute atomic E-state index is 13.0. The first kappa shape index (κ1) is 20.8. The molecule has 1 saturated heterocycles. The quantitative estimate of drug-likeness (QED) is 0.400. The van der Waals surface area contributed by atoms with Crippen molar-refractivity contribution in [3.8, 4) is 5.75 Å². The lowest BCUT2D eigenvalue weighted by Crippen LogP contribution is -2.34. The van der Waals surface area contributed by atoms with E-state index < -0.39 is 0 Å². The average Bonchev–Trinajstić information content (AvgIpc) is 2.93. The molecule has 0 bridgehead atoms. The number of rotatable bonds is 7. The van der Waals surface area contributed by atoms with Crippen molar-refractivity contribution in [1.29, 1.82) is 0 Å². The molecule has 30 heavy (non-hydrogen) atoms. The summed E-state index contributed by atoms with van der Waals surface area (Å²) in [7, 11) is 0. The van der Waals surface area contributed by atoms with Crippen molar-refractivity contribution in [2.45, 2.75) is 44.3 Å². The van der Waals surface area contributed by atoms with Gasteiger partial charge >= 0.3 is 0 Å². The number of thioether (sulfide) groups is 1. The number of fused-ring (bicyclic) bond motifs is 1. The smallest absolute Gasteiger partial charge is 0.242 e. The van der Waals surface area contributed by atoms with Gasteiger partial charge in [0.15, 0.2) is 5.16 Å². The molecule has 1 aliphatic heterocycles. The van der Waals surface area contributed by atoms with Gasteiger partial charge in [0, 0.05) is 18.8 Å². The van der Waals surface area contributed by atoms with E-state index >= 15 is 0 Å². The van der Waals surface area contributed by atoms with E-state index in [0.29, 0.717) is 13.2 Å². The Labute approximate surface area is 182 Å². The third-order valence-electron chi connectivity index (χ3n) is 5.48. The summed E-state index contributed by atoms with van der Waals surface area (Å²) in [6, 6.07) is 16.1. The number of nitrogens with zero attached hydrogens (tertiary/aromatic N) is 3. The van der Waals surface area contributed by atoms with Crippen LogP contribution in [0.15, 0.2) is 53.7 Å². The first-order chi connectivity index (χ1) is 14.7. The lowest BCUT2D eigenvalue weighted by molar-refractivity contribution is -0.131. The number of carbonyl (C=O) groups is 1. The van der Waals surface area contributed by atoms with Crippen LogP contribution < -0.4 is 4.74 Å². The normalized spacial score (nSPS) is 14.6. The zero-order valence-corrected chi connectivity index (χ0v) is 18.4. The van der Waals surface area contributed by atoms with Gasteiger partial charge in [-0.1, -0.05) is 54.4 Å². The molecular weight excluding hydrogens is 394 g/mol. The van der Waals surface area contributed by atoms with Crippen LogP contribution in [0.4, 0.5) is 0 Å². The van der Waals surface area contributed by atoms with Crippen LogP contribution in [0.5, 0.6) is 5.75 Å². The molecule has 1 fully saturated rings. The van der Waals surface area contributed by atoms with Crippen molar-refractivity contribution in [3.63, 3.8) is 0 Å². The number of para-hydroxylation sites is 2. The average molecular weight is 424 g/mol. The molecule has 2 aromatic carbocycles. The molecule has 2 heterocycles. The number of likely N-dealkylation sites (tertiary alicyclic amines) is 1. The highest BCUT2D eigenvalue weighted by atomic mass is 32.2. The van der Waals surface area contributed by atoms with Gasteiger partial charge in [0.2, 0.25) is 5.91 Å². The summed E-state index contributed by atoms with van der Waals surface area (Å²) in [5, 5.41) is 0.881. The number of imidazole rings is 1. The highest BCUT2D eigenvalue weighted by Gasteiger charge is 2.19. The van der Waals surface area contributed by atoms with Crippen molar-refractivity contribution in [3.05, 3.63) is 54.1 Å². The molecule has 6 heteroatoms. The van der Waals surface area contributed by atoms with Crippen molar-refractivity contribution >= 4 is 28.7 Å². The second-order valence-electron chi connectivity index (χ2n) is 7.77. The molecule has 1 aliphatic rings. The summed E-state index contributed by atoms with van der Waals surface area (Å²) in [5.41, 5.74) is 3.17. The number of aryl methyl sites for hydroxylation is 1. The summed E-state index contributed by atoms with van der Waals surface area (Å²) in [6.45, 7) is 4.76. The van der Waals surface area contributed by atoms with E-state index in [9.17, 15) is 4.79 Å². The summed E-state index contributed by atoms with van der Waals surface area (Å²) in [6.07, 6.45) is 4.66. The SMILES string of the molecule is Cc1ccc(OCCSc2nc3ccccc3n2CC(=O)N2CCCCCC2)cc1. The topological polar surface area (TPSA) is 47.4 Å². The van der Waals surface area contributed by atoms with Crippen LogP contribution in [0, 0.1) is 6.92 Å². The number of benzene rings is 2. The molecule has 0 N–H and O–H groups in total. The van der Waals surface area contributed by atoms with Crippen LogP contribution >= 0.6 is 11.8 Å². The van der Waals surface area contributed by atoms with Gasteiger partial charge in [-0.3, -0.25) is 4.79 Å². The summed E-state index contributed by atoms with van der Waals surface area (Å²) in [4.78, 5) is 19.8. The summed E-state index contributed by atoms with van der Waals surface area (Å²) < 4.78 is 7.92. The highest BCUT2D eigenvalue weighted by molar-refractivity contribution is 7.99. The Bertz CT molecular complexity index is 976. The van der Waals surface area contributed by atoms with Crippen LogP contribution in [0.3, 0.4) is 0 Å². The predicted octanol–water partition coefficient (Wildman–Crippen LogP) is 4.92. The number of aromatic nitrogens is 2. The summed E-state index contributed by atoms with van der Waals surface area (Å²) >= 11 is 1.64. The Morgan fingerprint density at radius 1 is 1.03 bits per heavy atom. The lowest BCUT2D eigenvalue weighted by Gasteiger charge is -2.21. The Morgan fingerprint density at radius 3 is 2.53 bits per heavy atom. The van der Waals surface area contributed by atoms with Gasteiger partial charge in [0.05, 0.1) is 17.6 Å². The van der Waals surface area contributed by atoms with Crippen molar-refractivity contribution < 1.29 is 9.53 Å². The van der Waals surface area contributed by atoms with Crippen LogP contribution in [0.1, 0.15) is 31.2 Å². The number of hydrogen-bond donors (Lipinski definition) is 0. The van der Waals surface area contributed by atoms with Crippen molar-refractivity contribution in [2.24, 2.45) is 0 Å². The van der Waals surface area contributed by atoms with Crippen LogP contribution in [0.2, 0.25) is 0 Å². The molecule has 5 nitrogen and oxygen atoms in total. The van der Waals surface area contributed by atoms with E-state index in [2.05, 4.69) is 23.6 Å². The number of carbonyl (C=O) groups excluding carboxylic acids is 1. The predicted molar refractivity (Wildman–Crippen MR) is 122 cm³/mol. The maximum Gasteiger partial charge on any atom is 0.242 e. The molecular formula is C24H29N3O2S. The molecule has 1 amide bonds. The Morgan fingerprint density at radius 2 is 1.77 bits per heavy atom. The van der Waals surface area contributed by atoms with E-state index in [1.807, 2.05) is 41.3 Å². The standard InChI is InChI=1S/C24H29N3O2S/c1-19-10-12-20(13-11-19)29-16-17-30-24-25-21-8-4-5-9-22(21)27(24)18-23(28)26-14-6-2-3-7-15-26/h4-5,8-13H,2-3,6-7,14-18H2,1H3. The van der Waals surface area contributed by atoms with E-state index in [1.54, 1.807) is 11.8 Å². The third-order valence-corrected chi connectivity index (χ3v) is 6.42. The van der Waals surface area contributed by atoms with Crippen LogP contribution in [-0.2, 0) is 11.3 Å². The van der Waals surface area contributed by atoms with E-state index in [4.69, 9.17) is 9.72 Å². The monoisotopic (exact) mass is 423 g/mol. The molecule has 0 spiro atoms. The van der Waals surface area contributed by atoms with E-state index in [-0.39, 0.29) is 5.91 Å². The van der Waals surface area contributed by atoms with E-state index in [1.165, 1.54) is 18.4 Å². The van der Waals surface area contributed by atoms with Crippen LogP contribution in [0.25, 0.3) is 11.0 Å². The van der Waals surface area contributed by atoms with Gasteiger partial charge in [-0.25, -0.2) is 4.98 Å². The number of hydrogen-bond acceptors (Lipinski definition) is 4. The molecule has 0 saturated carbocycles. The minimum atomic E-state index is 0.192. The fourth-order valence-corrected chi connectivity index (χ4v) is 4.63. The van der Waals surface area contributed by atoms with Crippen molar-refractivity contribution in [2.75, 3.05) is 25.4 Å². The molecule has 3 aromatic rings. The maximum atomic E-state index is 13.0. The Kier molecular flexibility index (Phi) is 6.95. The Balaban J connectivity index is 1.43. The molecule has 0 atom stereocenters. The minimum absolute atomic E-state index is 0.192. The highest BCUT2D eigenvalue weighted by Crippen LogP contribution is 2.25. The molecule has 0 aliphatic carbocycles. The molecule has 1 aromatic heterocycles. The van der Waals surface area contributed by atoms with Crippen molar-refractivity contribution in [1.82, 2.24) is 14.5 Å². The first-order valence-electron chi connectivity index (χ1n) is 10.8. The third kappa shape index (κ3) is 5.17. The number of amides is 1. The minimum Gasteiger partial charge on any atom is -0.493 e. The largest absolute Gasteiger partial charge is 0.493 e. The fourth-order valence-electron chi connectivity index (χ4n) is 3.80. The molecule has 0 radical (unpaired) electrons. The zero-order chi connectivity index (χ0) is 20.8. The second-order valence-corrected chi connectivity index (χ2v) is 8.84. The van der Waals surface area contributed by atoms with E-state index in [0.717, 1.165) is 53.6 Å². The van der Waals surface area contributed by atoms with Gasteiger partial charge in [0.25, 0.3) is 0 Å². The Hall–Kier alpha value is -2.47. The van der Waals surface area contributed by atoms with Gasteiger partial charge in [-0.2, -0.15) is 0 Å².